The third kappa shape index (κ3) is 3.67. The SMILES string of the molecule is Cn1c(=NC(=O)Cc2ccc(S(C)(=O)=O)cc2)sc2cc3c(cc21)OCCO3. The summed E-state index contributed by atoms with van der Waals surface area (Å²) in [7, 11) is -1.41. The summed E-state index contributed by atoms with van der Waals surface area (Å²) in [5.74, 6) is 1.09. The number of sulfone groups is 1. The van der Waals surface area contributed by atoms with E-state index < -0.39 is 9.84 Å². The molecule has 4 rings (SSSR count). The van der Waals surface area contributed by atoms with Crippen molar-refractivity contribution in [1.82, 2.24) is 4.57 Å². The fraction of sp³-hybridized carbons (Fsp3) is 0.263. The molecule has 1 amide bonds. The lowest BCUT2D eigenvalue weighted by molar-refractivity contribution is -0.117. The van der Waals surface area contributed by atoms with Crippen LogP contribution in [0.1, 0.15) is 5.56 Å². The lowest BCUT2D eigenvalue weighted by Gasteiger charge is -2.18. The van der Waals surface area contributed by atoms with Gasteiger partial charge in [0.2, 0.25) is 0 Å². The standard InChI is InChI=1S/C19H18N2O5S2/c1-21-14-10-15-16(26-8-7-25-15)11-17(14)27-19(21)20-18(22)9-12-3-5-13(6-4-12)28(2,23)24/h3-6,10-11H,7-9H2,1-2H3. The van der Waals surface area contributed by atoms with Crippen LogP contribution in [0.5, 0.6) is 11.5 Å². The Kier molecular flexibility index (Phi) is 4.72. The number of ether oxygens (including phenoxy) is 2. The van der Waals surface area contributed by atoms with E-state index in [1.165, 1.54) is 23.5 Å². The highest BCUT2D eigenvalue weighted by Gasteiger charge is 2.15. The molecule has 2 aromatic carbocycles. The molecule has 146 valence electrons. The summed E-state index contributed by atoms with van der Waals surface area (Å²) in [6, 6.07) is 10.1. The molecule has 0 bridgehead atoms. The molecule has 28 heavy (non-hydrogen) atoms. The molecule has 9 heteroatoms. The van der Waals surface area contributed by atoms with Crippen LogP contribution in [0.15, 0.2) is 46.3 Å². The number of nitrogens with zero attached hydrogens (tertiary/aromatic N) is 2. The average Bonchev–Trinajstić information content (AvgIpc) is 2.94. The summed E-state index contributed by atoms with van der Waals surface area (Å²) >= 11 is 1.40. The summed E-state index contributed by atoms with van der Waals surface area (Å²) in [6.45, 7) is 1.03. The van der Waals surface area contributed by atoms with Crippen molar-refractivity contribution in [3.05, 3.63) is 46.8 Å². The normalized spacial score (nSPS) is 14.4. The number of amides is 1. The number of rotatable bonds is 3. The number of hydrogen-bond donors (Lipinski definition) is 0. The molecule has 0 unspecified atom stereocenters. The second kappa shape index (κ2) is 7.06. The molecule has 0 spiro atoms. The van der Waals surface area contributed by atoms with Crippen LogP contribution in [0.25, 0.3) is 10.2 Å². The van der Waals surface area contributed by atoms with Crippen molar-refractivity contribution >= 4 is 37.3 Å². The van der Waals surface area contributed by atoms with E-state index in [0.717, 1.165) is 16.5 Å². The van der Waals surface area contributed by atoms with Gasteiger partial charge in [0.25, 0.3) is 5.91 Å². The van der Waals surface area contributed by atoms with E-state index in [9.17, 15) is 13.2 Å². The van der Waals surface area contributed by atoms with Gasteiger partial charge in [0.15, 0.2) is 26.1 Å². The van der Waals surface area contributed by atoms with Crippen molar-refractivity contribution in [2.24, 2.45) is 12.0 Å². The van der Waals surface area contributed by atoms with E-state index in [1.54, 1.807) is 12.1 Å². The molecule has 1 aliphatic rings. The van der Waals surface area contributed by atoms with Gasteiger partial charge in [-0.1, -0.05) is 23.5 Å². The van der Waals surface area contributed by atoms with Crippen molar-refractivity contribution in [2.45, 2.75) is 11.3 Å². The van der Waals surface area contributed by atoms with Gasteiger partial charge in [-0.25, -0.2) is 8.42 Å². The summed E-state index contributed by atoms with van der Waals surface area (Å²) in [5.41, 5.74) is 1.63. The van der Waals surface area contributed by atoms with Crippen LogP contribution >= 0.6 is 11.3 Å². The first-order chi connectivity index (χ1) is 13.3. The molecule has 2 heterocycles. The fourth-order valence-corrected chi connectivity index (χ4v) is 4.62. The molecule has 0 aliphatic carbocycles. The number of aryl methyl sites for hydroxylation is 1. The van der Waals surface area contributed by atoms with Crippen molar-refractivity contribution < 1.29 is 22.7 Å². The van der Waals surface area contributed by atoms with Crippen LogP contribution < -0.4 is 14.3 Å². The largest absolute Gasteiger partial charge is 0.486 e. The zero-order valence-electron chi connectivity index (χ0n) is 15.3. The number of carbonyl (C=O) groups excluding carboxylic acids is 1. The first kappa shape index (κ1) is 18.7. The molecule has 0 fully saturated rings. The number of hydrogen-bond acceptors (Lipinski definition) is 6. The smallest absolute Gasteiger partial charge is 0.252 e. The van der Waals surface area contributed by atoms with Crippen LogP contribution in [0.4, 0.5) is 0 Å². The van der Waals surface area contributed by atoms with E-state index >= 15 is 0 Å². The zero-order chi connectivity index (χ0) is 19.9. The van der Waals surface area contributed by atoms with Gasteiger partial charge in [0.05, 0.1) is 21.5 Å². The first-order valence-corrected chi connectivity index (χ1v) is 11.3. The molecular formula is C19H18N2O5S2. The fourth-order valence-electron chi connectivity index (χ4n) is 2.95. The number of carbonyl (C=O) groups is 1. The third-order valence-corrected chi connectivity index (χ3v) is 6.62. The Morgan fingerprint density at radius 2 is 1.79 bits per heavy atom. The Labute approximate surface area is 165 Å². The molecule has 3 aromatic rings. The lowest BCUT2D eigenvalue weighted by atomic mass is 10.1. The van der Waals surface area contributed by atoms with E-state index in [0.29, 0.717) is 35.1 Å². The molecule has 0 saturated heterocycles. The summed E-state index contributed by atoms with van der Waals surface area (Å²) in [6.07, 6.45) is 1.25. The second-order valence-electron chi connectivity index (χ2n) is 6.51. The van der Waals surface area contributed by atoms with Crippen molar-refractivity contribution in [3.8, 4) is 11.5 Å². The Hall–Kier alpha value is -2.65. The molecule has 0 radical (unpaired) electrons. The summed E-state index contributed by atoms with van der Waals surface area (Å²) in [4.78, 5) is 17.4. The molecule has 7 nitrogen and oxygen atoms in total. The van der Waals surface area contributed by atoms with Crippen molar-refractivity contribution in [3.63, 3.8) is 0 Å². The Bertz CT molecular complexity index is 1240. The maximum atomic E-state index is 12.4. The van der Waals surface area contributed by atoms with E-state index in [4.69, 9.17) is 9.47 Å². The summed E-state index contributed by atoms with van der Waals surface area (Å²) in [5, 5.41) is 0. The van der Waals surface area contributed by atoms with Gasteiger partial charge in [0.1, 0.15) is 13.2 Å². The van der Waals surface area contributed by atoms with Crippen molar-refractivity contribution in [1.29, 1.82) is 0 Å². The highest BCUT2D eigenvalue weighted by molar-refractivity contribution is 7.90. The van der Waals surface area contributed by atoms with Gasteiger partial charge in [-0.05, 0) is 17.7 Å². The van der Waals surface area contributed by atoms with Gasteiger partial charge in [-0.3, -0.25) is 4.79 Å². The van der Waals surface area contributed by atoms with E-state index in [-0.39, 0.29) is 17.2 Å². The second-order valence-corrected chi connectivity index (χ2v) is 9.53. The molecule has 0 N–H and O–H groups in total. The number of thiazole rings is 1. The van der Waals surface area contributed by atoms with Crippen LogP contribution in [-0.4, -0.2) is 38.4 Å². The number of aromatic nitrogens is 1. The van der Waals surface area contributed by atoms with Gasteiger partial charge in [0, 0.05) is 25.4 Å². The molecular weight excluding hydrogens is 400 g/mol. The predicted molar refractivity (Wildman–Crippen MR) is 106 cm³/mol. The highest BCUT2D eigenvalue weighted by Crippen LogP contribution is 2.35. The Balaban J connectivity index is 1.62. The Morgan fingerprint density at radius 3 is 2.43 bits per heavy atom. The monoisotopic (exact) mass is 418 g/mol. The molecule has 1 aliphatic heterocycles. The number of fused-ring (bicyclic) bond motifs is 2. The Morgan fingerprint density at radius 1 is 1.14 bits per heavy atom. The average molecular weight is 418 g/mol. The van der Waals surface area contributed by atoms with Gasteiger partial charge in [-0.2, -0.15) is 4.99 Å². The minimum Gasteiger partial charge on any atom is -0.486 e. The maximum absolute atomic E-state index is 12.4. The zero-order valence-corrected chi connectivity index (χ0v) is 17.0. The summed E-state index contributed by atoms with van der Waals surface area (Å²) < 4.78 is 37.1. The molecule has 0 atom stereocenters. The van der Waals surface area contributed by atoms with E-state index in [1.807, 2.05) is 23.7 Å². The molecule has 0 saturated carbocycles. The topological polar surface area (TPSA) is 87.0 Å². The van der Waals surface area contributed by atoms with Crippen molar-refractivity contribution in [2.75, 3.05) is 19.5 Å². The predicted octanol–water partition coefficient (Wildman–Crippen LogP) is 2.08. The first-order valence-electron chi connectivity index (χ1n) is 8.57. The van der Waals surface area contributed by atoms with Crippen LogP contribution in [0, 0.1) is 0 Å². The quantitative estimate of drug-likeness (QED) is 0.650. The maximum Gasteiger partial charge on any atom is 0.252 e. The van der Waals surface area contributed by atoms with Gasteiger partial charge in [-0.15, -0.1) is 0 Å². The van der Waals surface area contributed by atoms with Gasteiger partial charge < -0.3 is 14.0 Å². The van der Waals surface area contributed by atoms with Gasteiger partial charge >= 0.3 is 0 Å². The van der Waals surface area contributed by atoms with Crippen LogP contribution in [0.2, 0.25) is 0 Å². The van der Waals surface area contributed by atoms with Crippen LogP contribution in [-0.2, 0) is 28.1 Å². The highest BCUT2D eigenvalue weighted by atomic mass is 32.2. The molecule has 1 aromatic heterocycles. The third-order valence-electron chi connectivity index (χ3n) is 4.40. The number of benzene rings is 2. The minimum atomic E-state index is -3.25. The minimum absolute atomic E-state index is 0.0982. The van der Waals surface area contributed by atoms with E-state index in [2.05, 4.69) is 4.99 Å². The lowest BCUT2D eigenvalue weighted by Crippen LogP contribution is -2.16. The van der Waals surface area contributed by atoms with Crippen LogP contribution in [0.3, 0.4) is 0 Å².